The predicted molar refractivity (Wildman–Crippen MR) is 150 cm³/mol. The van der Waals surface area contributed by atoms with E-state index in [9.17, 15) is 4.79 Å². The summed E-state index contributed by atoms with van der Waals surface area (Å²) in [4.78, 5) is 12.9. The second kappa shape index (κ2) is 9.41. The van der Waals surface area contributed by atoms with E-state index in [1.165, 1.54) is 35.1 Å². The van der Waals surface area contributed by atoms with Crippen molar-refractivity contribution < 1.29 is 13.9 Å². The fourth-order valence-corrected chi connectivity index (χ4v) is 5.67. The molecule has 1 aliphatic carbocycles. The molecule has 0 aliphatic heterocycles. The first kappa shape index (κ1) is 25.1. The molecule has 0 atom stereocenters. The van der Waals surface area contributed by atoms with Crippen molar-refractivity contribution in [3.05, 3.63) is 100 Å². The molecule has 37 heavy (non-hydrogen) atoms. The number of carbonyl (C=O) groups is 1. The number of amides is 1. The Morgan fingerprint density at radius 1 is 0.892 bits per heavy atom. The van der Waals surface area contributed by atoms with E-state index in [1.807, 2.05) is 42.5 Å². The maximum absolute atomic E-state index is 12.9. The molecule has 5 rings (SSSR count). The van der Waals surface area contributed by atoms with Gasteiger partial charge in [-0.25, -0.2) is 0 Å². The summed E-state index contributed by atoms with van der Waals surface area (Å²) in [6, 6.07) is 20.5. The summed E-state index contributed by atoms with van der Waals surface area (Å²) in [7, 11) is 1.67. The molecular formula is C33H37NO3. The van der Waals surface area contributed by atoms with Crippen molar-refractivity contribution in [2.24, 2.45) is 0 Å². The summed E-state index contributed by atoms with van der Waals surface area (Å²) in [5.74, 6) is 1.75. The fraction of sp³-hybridized carbons (Fsp3) is 0.364. The minimum atomic E-state index is -0.212. The first-order valence-electron chi connectivity index (χ1n) is 13.1. The Balaban J connectivity index is 1.32. The lowest BCUT2D eigenvalue weighted by Crippen LogP contribution is -2.34. The van der Waals surface area contributed by atoms with Gasteiger partial charge in [-0.05, 0) is 82.0 Å². The van der Waals surface area contributed by atoms with Crippen molar-refractivity contribution in [1.29, 1.82) is 0 Å². The van der Waals surface area contributed by atoms with E-state index in [4.69, 9.17) is 9.15 Å². The summed E-state index contributed by atoms with van der Waals surface area (Å²) < 4.78 is 11.5. The van der Waals surface area contributed by atoms with Crippen molar-refractivity contribution in [3.8, 4) is 5.75 Å². The number of benzene rings is 3. The Morgan fingerprint density at radius 2 is 1.57 bits per heavy atom. The van der Waals surface area contributed by atoms with Gasteiger partial charge in [0.1, 0.15) is 11.5 Å². The third kappa shape index (κ3) is 4.77. The van der Waals surface area contributed by atoms with Crippen LogP contribution in [-0.4, -0.2) is 13.0 Å². The molecular weight excluding hydrogens is 458 g/mol. The monoisotopic (exact) mass is 495 g/mol. The molecule has 0 saturated heterocycles. The number of nitrogens with one attached hydrogen (secondary N) is 1. The average Bonchev–Trinajstić information content (AvgIpc) is 3.35. The van der Waals surface area contributed by atoms with E-state index in [2.05, 4.69) is 52.1 Å². The first-order chi connectivity index (χ1) is 17.6. The molecule has 0 saturated carbocycles. The molecule has 1 amide bonds. The van der Waals surface area contributed by atoms with Gasteiger partial charge in [0.05, 0.1) is 7.11 Å². The van der Waals surface area contributed by atoms with Gasteiger partial charge < -0.3 is 14.5 Å². The van der Waals surface area contributed by atoms with Crippen LogP contribution in [0.1, 0.15) is 84.7 Å². The van der Waals surface area contributed by atoms with Gasteiger partial charge in [-0.1, -0.05) is 70.2 Å². The molecule has 1 N–H and O–H groups in total. The predicted octanol–water partition coefficient (Wildman–Crippen LogP) is 7.62. The Labute approximate surface area is 220 Å². The highest BCUT2D eigenvalue weighted by atomic mass is 16.5. The average molecular weight is 496 g/mol. The van der Waals surface area contributed by atoms with Gasteiger partial charge in [0.2, 0.25) is 0 Å². The molecule has 0 spiro atoms. The lowest BCUT2D eigenvalue weighted by Gasteiger charge is -2.42. The maximum Gasteiger partial charge on any atom is 0.287 e. The summed E-state index contributed by atoms with van der Waals surface area (Å²) in [6.07, 6.45) is 3.06. The molecule has 4 nitrogen and oxygen atoms in total. The number of carbonyl (C=O) groups excluding carboxylic acids is 1. The van der Waals surface area contributed by atoms with Crippen molar-refractivity contribution in [1.82, 2.24) is 5.32 Å². The van der Waals surface area contributed by atoms with Gasteiger partial charge in [-0.15, -0.1) is 0 Å². The summed E-state index contributed by atoms with van der Waals surface area (Å²) >= 11 is 0. The van der Waals surface area contributed by atoms with Crippen LogP contribution in [0.2, 0.25) is 0 Å². The van der Waals surface area contributed by atoms with E-state index in [1.54, 1.807) is 13.2 Å². The number of methoxy groups -OCH3 is 1. The lowest BCUT2D eigenvalue weighted by molar-refractivity contribution is 0.0921. The molecule has 3 aromatic carbocycles. The van der Waals surface area contributed by atoms with Crippen molar-refractivity contribution in [3.63, 3.8) is 0 Å². The largest absolute Gasteiger partial charge is 0.496 e. The Morgan fingerprint density at radius 3 is 2.27 bits per heavy atom. The number of fused-ring (bicyclic) bond motifs is 2. The van der Waals surface area contributed by atoms with Crippen LogP contribution in [0.5, 0.6) is 5.75 Å². The molecule has 0 fully saturated rings. The smallest absolute Gasteiger partial charge is 0.287 e. The zero-order valence-corrected chi connectivity index (χ0v) is 22.8. The first-order valence-corrected chi connectivity index (χ1v) is 13.1. The molecule has 1 heterocycles. The number of hydrogen-bond donors (Lipinski definition) is 1. The standard InChI is InChI=1S/C33H37NO3/c1-21-17-27-28(33(4,5)16-15-32(27,2)3)19-23(21)18-24-12-14-30(37-24)31(35)34-20-22-11-13-29(36-6)26-10-8-7-9-25(22)26/h7-14,17,19H,15-16,18,20H2,1-6H3,(H,34,35). The summed E-state index contributed by atoms with van der Waals surface area (Å²) in [5, 5.41) is 5.12. The van der Waals surface area contributed by atoms with Crippen LogP contribution >= 0.6 is 0 Å². The van der Waals surface area contributed by atoms with Gasteiger partial charge in [-0.3, -0.25) is 4.79 Å². The molecule has 1 aromatic heterocycles. The van der Waals surface area contributed by atoms with Gasteiger partial charge in [0.25, 0.3) is 5.91 Å². The van der Waals surface area contributed by atoms with E-state index in [0.717, 1.165) is 27.8 Å². The van der Waals surface area contributed by atoms with Gasteiger partial charge in [0.15, 0.2) is 5.76 Å². The number of rotatable bonds is 6. The van der Waals surface area contributed by atoms with Crippen LogP contribution in [0.3, 0.4) is 0 Å². The van der Waals surface area contributed by atoms with E-state index < -0.39 is 0 Å². The molecule has 4 aromatic rings. The zero-order valence-electron chi connectivity index (χ0n) is 22.8. The second-order valence-electron chi connectivity index (χ2n) is 11.7. The van der Waals surface area contributed by atoms with Crippen LogP contribution < -0.4 is 10.1 Å². The van der Waals surface area contributed by atoms with Crippen molar-refractivity contribution in [2.45, 2.75) is 71.3 Å². The highest BCUT2D eigenvalue weighted by molar-refractivity contribution is 5.93. The highest BCUT2D eigenvalue weighted by Gasteiger charge is 2.37. The lowest BCUT2D eigenvalue weighted by atomic mass is 9.62. The SMILES string of the molecule is COc1ccc(CNC(=O)c2ccc(Cc3cc4c(cc3C)C(C)(C)CCC4(C)C)o2)c2ccccc12. The Bertz CT molecular complexity index is 1470. The molecule has 0 bridgehead atoms. The molecule has 1 aliphatic rings. The minimum Gasteiger partial charge on any atom is -0.496 e. The van der Waals surface area contributed by atoms with E-state index in [0.29, 0.717) is 18.7 Å². The zero-order chi connectivity index (χ0) is 26.4. The fourth-order valence-electron chi connectivity index (χ4n) is 5.67. The number of furan rings is 1. The van der Waals surface area contributed by atoms with Crippen LogP contribution in [0.15, 0.2) is 65.1 Å². The third-order valence-corrected chi connectivity index (χ3v) is 8.19. The number of ether oxygens (including phenoxy) is 1. The van der Waals surface area contributed by atoms with Crippen molar-refractivity contribution in [2.75, 3.05) is 7.11 Å². The van der Waals surface area contributed by atoms with Crippen LogP contribution in [0, 0.1) is 6.92 Å². The Hall–Kier alpha value is -3.53. The summed E-state index contributed by atoms with van der Waals surface area (Å²) in [5.41, 5.74) is 6.84. The second-order valence-corrected chi connectivity index (χ2v) is 11.7. The van der Waals surface area contributed by atoms with Crippen molar-refractivity contribution >= 4 is 16.7 Å². The van der Waals surface area contributed by atoms with Gasteiger partial charge >= 0.3 is 0 Å². The molecule has 192 valence electrons. The third-order valence-electron chi connectivity index (χ3n) is 8.19. The maximum atomic E-state index is 12.9. The van der Waals surface area contributed by atoms with Gasteiger partial charge in [0, 0.05) is 18.4 Å². The van der Waals surface area contributed by atoms with E-state index >= 15 is 0 Å². The highest BCUT2D eigenvalue weighted by Crippen LogP contribution is 2.46. The molecule has 0 unspecified atom stereocenters. The van der Waals surface area contributed by atoms with Crippen LogP contribution in [0.4, 0.5) is 0 Å². The molecule has 0 radical (unpaired) electrons. The number of hydrogen-bond acceptors (Lipinski definition) is 3. The van der Waals surface area contributed by atoms with Crippen LogP contribution in [0.25, 0.3) is 10.8 Å². The minimum absolute atomic E-state index is 0.160. The quantitative estimate of drug-likeness (QED) is 0.299. The van der Waals surface area contributed by atoms with E-state index in [-0.39, 0.29) is 16.7 Å². The Kier molecular flexibility index (Phi) is 6.39. The molecule has 4 heteroatoms. The number of aryl methyl sites for hydroxylation is 1. The van der Waals surface area contributed by atoms with Gasteiger partial charge in [-0.2, -0.15) is 0 Å². The summed E-state index contributed by atoms with van der Waals surface area (Å²) in [6.45, 7) is 12.0. The topological polar surface area (TPSA) is 51.5 Å². The normalized spacial score (nSPS) is 15.8. The van der Waals surface area contributed by atoms with Crippen LogP contribution in [-0.2, 0) is 23.8 Å².